The van der Waals surface area contributed by atoms with E-state index >= 15 is 0 Å². The number of aryl methyl sites for hydroxylation is 2. The van der Waals surface area contributed by atoms with Crippen LogP contribution in [0.2, 0.25) is 0 Å². The summed E-state index contributed by atoms with van der Waals surface area (Å²) < 4.78 is 3.59. The zero-order chi connectivity index (χ0) is 7.84. The van der Waals surface area contributed by atoms with Crippen LogP contribution in [0.4, 0.5) is 0 Å². The largest absolute Gasteiger partial charge is 1.00 e. The molecule has 0 unspecified atom stereocenters. The molecule has 0 aliphatic carbocycles. The monoisotopic (exact) mass is 291 g/mol. The van der Waals surface area contributed by atoms with E-state index in [0.717, 1.165) is 0 Å². The van der Waals surface area contributed by atoms with Gasteiger partial charge in [-0.1, -0.05) is 23.5 Å². The Morgan fingerprint density at radius 3 is 2.58 bits per heavy atom. The average molecular weight is 291 g/mol. The predicted molar refractivity (Wildman–Crippen MR) is 47.7 cm³/mol. The molecule has 1 aromatic carbocycles. The Hall–Kier alpha value is -0.160. The third-order valence-electron chi connectivity index (χ3n) is 1.96. The smallest absolute Gasteiger partial charge is 0.234 e. The fourth-order valence-electron chi connectivity index (χ4n) is 1.22. The predicted octanol–water partition coefficient (Wildman–Crippen LogP) is -0.962. The number of para-hydroxylation sites is 1. The third kappa shape index (κ3) is 1.47. The summed E-state index contributed by atoms with van der Waals surface area (Å²) >= 11 is 1.84. The zero-order valence-electron chi connectivity index (χ0n) is 7.04. The van der Waals surface area contributed by atoms with E-state index in [9.17, 15) is 0 Å². The molecule has 0 spiro atoms. The maximum atomic E-state index is 2.22. The maximum Gasteiger partial charge on any atom is 0.234 e. The van der Waals surface area contributed by atoms with Gasteiger partial charge in [0.25, 0.3) is 0 Å². The molecule has 1 nitrogen and oxygen atoms in total. The van der Waals surface area contributed by atoms with Gasteiger partial charge >= 0.3 is 0 Å². The number of benzene rings is 1. The summed E-state index contributed by atoms with van der Waals surface area (Å²) in [7, 11) is 2.11. The van der Waals surface area contributed by atoms with Gasteiger partial charge in [0.15, 0.2) is 0 Å². The Morgan fingerprint density at radius 1 is 1.25 bits per heavy atom. The number of hydrogen-bond donors (Lipinski definition) is 0. The first kappa shape index (κ1) is 9.92. The lowest BCUT2D eigenvalue weighted by Crippen LogP contribution is -3.00. The maximum absolute atomic E-state index is 2.22. The summed E-state index contributed by atoms with van der Waals surface area (Å²) in [5.74, 6) is 0. The van der Waals surface area contributed by atoms with Crippen molar-refractivity contribution < 1.29 is 28.5 Å². The third-order valence-corrected chi connectivity index (χ3v) is 3.09. The molecular weight excluding hydrogens is 281 g/mol. The van der Waals surface area contributed by atoms with Gasteiger partial charge in [-0.2, -0.15) is 4.57 Å². The van der Waals surface area contributed by atoms with Crippen LogP contribution in [0.1, 0.15) is 5.01 Å². The minimum atomic E-state index is 0. The van der Waals surface area contributed by atoms with E-state index in [-0.39, 0.29) is 24.0 Å². The Labute approximate surface area is 93.1 Å². The summed E-state index contributed by atoms with van der Waals surface area (Å²) in [6.07, 6.45) is 0. The van der Waals surface area contributed by atoms with Crippen molar-refractivity contribution in [3.8, 4) is 0 Å². The molecule has 3 heteroatoms. The number of nitrogens with zero attached hydrogens (tertiary/aromatic N) is 1. The molecule has 0 radical (unpaired) electrons. The normalized spacial score (nSPS) is 9.83. The number of halogens is 1. The van der Waals surface area contributed by atoms with Crippen LogP contribution in [-0.4, -0.2) is 0 Å². The van der Waals surface area contributed by atoms with Crippen molar-refractivity contribution in [1.29, 1.82) is 0 Å². The van der Waals surface area contributed by atoms with E-state index in [4.69, 9.17) is 0 Å². The van der Waals surface area contributed by atoms with E-state index in [1.807, 2.05) is 11.3 Å². The van der Waals surface area contributed by atoms with E-state index in [0.29, 0.717) is 0 Å². The molecular formula is C9H10INS. The number of fused-ring (bicyclic) bond motifs is 1. The molecule has 0 fully saturated rings. The summed E-state index contributed by atoms with van der Waals surface area (Å²) in [5, 5.41) is 1.35. The fraction of sp³-hybridized carbons (Fsp3) is 0.222. The molecule has 12 heavy (non-hydrogen) atoms. The van der Waals surface area contributed by atoms with Crippen molar-refractivity contribution in [2.75, 3.05) is 0 Å². The lowest BCUT2D eigenvalue weighted by molar-refractivity contribution is -0.646. The highest BCUT2D eigenvalue weighted by atomic mass is 127. The molecule has 0 saturated carbocycles. The molecule has 64 valence electrons. The van der Waals surface area contributed by atoms with Crippen LogP contribution in [0.15, 0.2) is 24.3 Å². The van der Waals surface area contributed by atoms with Gasteiger partial charge in [0.05, 0.1) is 0 Å². The second kappa shape index (κ2) is 3.70. The average Bonchev–Trinajstić information content (AvgIpc) is 2.30. The van der Waals surface area contributed by atoms with Crippen molar-refractivity contribution in [2.45, 2.75) is 6.92 Å². The van der Waals surface area contributed by atoms with Gasteiger partial charge < -0.3 is 24.0 Å². The van der Waals surface area contributed by atoms with E-state index in [2.05, 4.69) is 42.8 Å². The molecule has 0 N–H and O–H groups in total. The summed E-state index contributed by atoms with van der Waals surface area (Å²) in [5.41, 5.74) is 1.33. The SMILES string of the molecule is Cc1sc2ccccc2[n+]1C.[I-]. The standard InChI is InChI=1S/C9H10NS.HI/c1-7-10(2)8-5-3-4-6-9(8)11-7;/h3-6H,1-2H3;1H/q+1;/p-1. The highest BCUT2D eigenvalue weighted by Crippen LogP contribution is 2.17. The number of aromatic nitrogens is 1. The molecule has 0 aliphatic heterocycles. The van der Waals surface area contributed by atoms with Gasteiger partial charge in [-0.25, -0.2) is 0 Å². The Kier molecular flexibility index (Phi) is 3.06. The highest BCUT2D eigenvalue weighted by Gasteiger charge is 2.10. The van der Waals surface area contributed by atoms with Gasteiger partial charge in [-0.3, -0.25) is 0 Å². The summed E-state index contributed by atoms with van der Waals surface area (Å²) in [6.45, 7) is 2.14. The highest BCUT2D eigenvalue weighted by molar-refractivity contribution is 7.18. The van der Waals surface area contributed by atoms with Crippen LogP contribution in [0.25, 0.3) is 10.2 Å². The molecule has 0 saturated heterocycles. The second-order valence-electron chi connectivity index (χ2n) is 2.65. The van der Waals surface area contributed by atoms with Gasteiger partial charge in [0.1, 0.15) is 11.7 Å². The lowest BCUT2D eigenvalue weighted by atomic mass is 10.3. The Balaban J connectivity index is 0.000000720. The number of hydrogen-bond acceptors (Lipinski definition) is 1. The van der Waals surface area contributed by atoms with E-state index in [1.54, 1.807) is 0 Å². The van der Waals surface area contributed by atoms with Gasteiger partial charge in [-0.05, 0) is 6.07 Å². The minimum absolute atomic E-state index is 0. The lowest BCUT2D eigenvalue weighted by Gasteiger charge is -1.82. The van der Waals surface area contributed by atoms with Gasteiger partial charge in [-0.15, -0.1) is 0 Å². The summed E-state index contributed by atoms with van der Waals surface area (Å²) in [4.78, 5) is 0. The van der Waals surface area contributed by atoms with Gasteiger partial charge in [0.2, 0.25) is 10.5 Å². The van der Waals surface area contributed by atoms with E-state index in [1.165, 1.54) is 15.2 Å². The molecule has 0 bridgehead atoms. The first-order valence-electron chi connectivity index (χ1n) is 3.63. The molecule has 0 amide bonds. The van der Waals surface area contributed by atoms with Gasteiger partial charge in [0, 0.05) is 13.0 Å². The van der Waals surface area contributed by atoms with Crippen LogP contribution >= 0.6 is 11.3 Å². The Bertz CT molecular complexity index is 394. The minimum Gasteiger partial charge on any atom is -1.00 e. The van der Waals surface area contributed by atoms with Crippen molar-refractivity contribution in [1.82, 2.24) is 0 Å². The zero-order valence-corrected chi connectivity index (χ0v) is 10.0. The molecule has 2 aromatic rings. The number of thiazole rings is 1. The Morgan fingerprint density at radius 2 is 1.92 bits per heavy atom. The summed E-state index contributed by atoms with van der Waals surface area (Å²) in [6, 6.07) is 8.47. The quantitative estimate of drug-likeness (QED) is 0.435. The molecule has 2 rings (SSSR count). The van der Waals surface area contributed by atoms with Crippen molar-refractivity contribution >= 4 is 21.6 Å². The van der Waals surface area contributed by atoms with Crippen molar-refractivity contribution in [3.63, 3.8) is 0 Å². The fourth-order valence-corrected chi connectivity index (χ4v) is 2.23. The van der Waals surface area contributed by atoms with Crippen molar-refractivity contribution in [3.05, 3.63) is 29.3 Å². The topological polar surface area (TPSA) is 3.88 Å². The molecule has 0 atom stereocenters. The van der Waals surface area contributed by atoms with Crippen LogP contribution in [0.3, 0.4) is 0 Å². The van der Waals surface area contributed by atoms with E-state index < -0.39 is 0 Å². The van der Waals surface area contributed by atoms with Crippen molar-refractivity contribution in [2.24, 2.45) is 7.05 Å². The first-order chi connectivity index (χ1) is 5.29. The van der Waals surface area contributed by atoms with Crippen LogP contribution in [-0.2, 0) is 7.05 Å². The molecule has 1 aromatic heterocycles. The van der Waals surface area contributed by atoms with Crippen LogP contribution in [0, 0.1) is 6.92 Å². The first-order valence-corrected chi connectivity index (χ1v) is 4.45. The molecule has 1 heterocycles. The molecule has 0 aliphatic rings. The van der Waals surface area contributed by atoms with Crippen LogP contribution < -0.4 is 28.5 Å². The van der Waals surface area contributed by atoms with Crippen LogP contribution in [0.5, 0.6) is 0 Å². The number of rotatable bonds is 0. The second-order valence-corrected chi connectivity index (χ2v) is 3.88.